The highest BCUT2D eigenvalue weighted by molar-refractivity contribution is 6.02. The Morgan fingerprint density at radius 1 is 1.12 bits per heavy atom. The second-order valence-electron chi connectivity index (χ2n) is 5.60. The van der Waals surface area contributed by atoms with E-state index in [-0.39, 0.29) is 12.6 Å². The summed E-state index contributed by atoms with van der Waals surface area (Å²) < 4.78 is 10.6. The summed E-state index contributed by atoms with van der Waals surface area (Å²) in [5.41, 5.74) is 2.88. The third kappa shape index (κ3) is 2.89. The molecule has 2 aromatic carbocycles. The van der Waals surface area contributed by atoms with Gasteiger partial charge in [-0.15, -0.1) is 0 Å². The number of benzene rings is 2. The number of H-pyrrole nitrogens is 1. The van der Waals surface area contributed by atoms with Crippen molar-refractivity contribution in [3.05, 3.63) is 65.9 Å². The van der Waals surface area contributed by atoms with Gasteiger partial charge in [0.05, 0.1) is 29.9 Å². The fourth-order valence-electron chi connectivity index (χ4n) is 2.73. The first kappa shape index (κ1) is 15.1. The second-order valence-corrected chi connectivity index (χ2v) is 5.60. The van der Waals surface area contributed by atoms with Crippen molar-refractivity contribution < 1.29 is 14.3 Å². The van der Waals surface area contributed by atoms with E-state index in [2.05, 4.69) is 15.2 Å². The molecule has 2 aromatic heterocycles. The van der Waals surface area contributed by atoms with Crippen molar-refractivity contribution in [3.8, 4) is 5.88 Å². The van der Waals surface area contributed by atoms with Gasteiger partial charge in [-0.05, 0) is 29.8 Å². The Kier molecular flexibility index (Phi) is 3.78. The van der Waals surface area contributed by atoms with Gasteiger partial charge in [-0.25, -0.2) is 9.78 Å². The quantitative estimate of drug-likeness (QED) is 0.579. The fraction of sp³-hybridized carbons (Fsp3) is 0.105. The van der Waals surface area contributed by atoms with Crippen molar-refractivity contribution in [2.75, 3.05) is 7.11 Å². The van der Waals surface area contributed by atoms with E-state index in [1.807, 2.05) is 36.4 Å². The summed E-state index contributed by atoms with van der Waals surface area (Å²) in [4.78, 5) is 16.7. The predicted molar refractivity (Wildman–Crippen MR) is 93.5 cm³/mol. The summed E-state index contributed by atoms with van der Waals surface area (Å²) in [6, 6.07) is 14.9. The van der Waals surface area contributed by atoms with Crippen molar-refractivity contribution in [1.82, 2.24) is 15.2 Å². The van der Waals surface area contributed by atoms with Gasteiger partial charge >= 0.3 is 5.97 Å². The van der Waals surface area contributed by atoms with Crippen molar-refractivity contribution in [3.63, 3.8) is 0 Å². The summed E-state index contributed by atoms with van der Waals surface area (Å²) in [5.74, 6) is 0.183. The van der Waals surface area contributed by atoms with Gasteiger partial charge in [0.15, 0.2) is 0 Å². The number of esters is 1. The molecule has 25 heavy (non-hydrogen) atoms. The molecule has 0 radical (unpaired) electrons. The van der Waals surface area contributed by atoms with E-state index in [0.29, 0.717) is 17.0 Å². The minimum absolute atomic E-state index is 0.186. The van der Waals surface area contributed by atoms with Gasteiger partial charge in [-0.2, -0.15) is 5.10 Å². The Balaban J connectivity index is 1.53. The average molecular weight is 333 g/mol. The molecule has 0 unspecified atom stereocenters. The summed E-state index contributed by atoms with van der Waals surface area (Å²) in [7, 11) is 1.59. The first-order valence-corrected chi connectivity index (χ1v) is 7.77. The molecule has 6 nitrogen and oxygen atoms in total. The van der Waals surface area contributed by atoms with Gasteiger partial charge in [0.2, 0.25) is 5.88 Å². The maximum absolute atomic E-state index is 12.4. The molecule has 6 heteroatoms. The number of fused-ring (bicyclic) bond motifs is 2. The molecule has 4 rings (SSSR count). The van der Waals surface area contributed by atoms with Crippen LogP contribution in [0.15, 0.2) is 54.7 Å². The number of hydrogen-bond acceptors (Lipinski definition) is 5. The van der Waals surface area contributed by atoms with Crippen LogP contribution in [0.4, 0.5) is 0 Å². The molecule has 0 bridgehead atoms. The number of aromatic amines is 1. The van der Waals surface area contributed by atoms with Crippen LogP contribution < -0.4 is 4.74 Å². The summed E-state index contributed by atoms with van der Waals surface area (Å²) in [5, 5.41) is 8.63. The molecular weight excluding hydrogens is 318 g/mol. The van der Waals surface area contributed by atoms with E-state index in [9.17, 15) is 4.79 Å². The van der Waals surface area contributed by atoms with Gasteiger partial charge in [-0.1, -0.05) is 18.2 Å². The molecule has 0 fully saturated rings. The van der Waals surface area contributed by atoms with E-state index >= 15 is 0 Å². The highest BCUT2D eigenvalue weighted by Crippen LogP contribution is 2.20. The largest absolute Gasteiger partial charge is 0.481 e. The number of para-hydroxylation sites is 1. The van der Waals surface area contributed by atoms with E-state index in [1.165, 1.54) is 0 Å². The number of pyridine rings is 1. The van der Waals surface area contributed by atoms with Gasteiger partial charge in [-0.3, -0.25) is 5.10 Å². The zero-order chi connectivity index (χ0) is 17.2. The second kappa shape index (κ2) is 6.24. The minimum Gasteiger partial charge on any atom is -0.481 e. The normalized spacial score (nSPS) is 10.9. The molecule has 1 N–H and O–H groups in total. The van der Waals surface area contributed by atoms with E-state index in [1.54, 1.807) is 25.4 Å². The number of hydrogen-bond donors (Lipinski definition) is 1. The summed E-state index contributed by atoms with van der Waals surface area (Å²) >= 11 is 0. The van der Waals surface area contributed by atoms with Crippen LogP contribution in [0.5, 0.6) is 5.88 Å². The molecule has 0 aliphatic rings. The maximum atomic E-state index is 12.4. The van der Waals surface area contributed by atoms with E-state index in [4.69, 9.17) is 9.47 Å². The lowest BCUT2D eigenvalue weighted by Crippen LogP contribution is -2.06. The lowest BCUT2D eigenvalue weighted by Gasteiger charge is -2.07. The van der Waals surface area contributed by atoms with Crippen molar-refractivity contribution in [2.24, 2.45) is 0 Å². The molecule has 2 heterocycles. The van der Waals surface area contributed by atoms with Gasteiger partial charge in [0, 0.05) is 16.8 Å². The molecule has 0 saturated carbocycles. The molecule has 0 spiro atoms. The van der Waals surface area contributed by atoms with Gasteiger partial charge < -0.3 is 9.47 Å². The van der Waals surface area contributed by atoms with E-state index < -0.39 is 0 Å². The van der Waals surface area contributed by atoms with Crippen LogP contribution in [-0.2, 0) is 11.3 Å². The van der Waals surface area contributed by atoms with Gasteiger partial charge in [0.1, 0.15) is 6.61 Å². The highest BCUT2D eigenvalue weighted by atomic mass is 16.5. The Labute approximate surface area is 143 Å². The van der Waals surface area contributed by atoms with Crippen LogP contribution in [0.1, 0.15) is 15.9 Å². The lowest BCUT2D eigenvalue weighted by molar-refractivity contribution is 0.0475. The highest BCUT2D eigenvalue weighted by Gasteiger charge is 2.13. The fourth-order valence-corrected chi connectivity index (χ4v) is 2.73. The third-order valence-electron chi connectivity index (χ3n) is 4.00. The number of aromatic nitrogens is 3. The van der Waals surface area contributed by atoms with Crippen LogP contribution in [0.3, 0.4) is 0 Å². The molecule has 0 saturated heterocycles. The van der Waals surface area contributed by atoms with Crippen LogP contribution >= 0.6 is 0 Å². The SMILES string of the molecule is COc1ccc2cc(COC(=O)c3cccc4cn[nH]c34)ccc2n1. The Morgan fingerprint density at radius 3 is 2.92 bits per heavy atom. The number of ether oxygens (including phenoxy) is 2. The van der Waals surface area contributed by atoms with Crippen molar-refractivity contribution in [2.45, 2.75) is 6.61 Å². The Bertz CT molecular complexity index is 1070. The lowest BCUT2D eigenvalue weighted by atomic mass is 10.1. The van der Waals surface area contributed by atoms with E-state index in [0.717, 1.165) is 21.9 Å². The molecule has 0 aliphatic carbocycles. The van der Waals surface area contributed by atoms with Gasteiger partial charge in [0.25, 0.3) is 0 Å². The standard InChI is InChI=1S/C19H15N3O3/c1-24-17-8-6-13-9-12(5-7-16(13)21-17)11-25-19(23)15-4-2-3-14-10-20-22-18(14)15/h2-10H,11H2,1H3,(H,20,22). The van der Waals surface area contributed by atoms with Crippen LogP contribution in [0.25, 0.3) is 21.8 Å². The zero-order valence-corrected chi connectivity index (χ0v) is 13.5. The topological polar surface area (TPSA) is 77.1 Å². The third-order valence-corrected chi connectivity index (χ3v) is 4.00. The van der Waals surface area contributed by atoms with Crippen LogP contribution in [-0.4, -0.2) is 28.3 Å². The average Bonchev–Trinajstić information content (AvgIpc) is 3.14. The number of rotatable bonds is 4. The van der Waals surface area contributed by atoms with Crippen LogP contribution in [0, 0.1) is 0 Å². The Morgan fingerprint density at radius 2 is 2.04 bits per heavy atom. The molecule has 0 atom stereocenters. The Hall–Kier alpha value is -3.41. The zero-order valence-electron chi connectivity index (χ0n) is 13.5. The van der Waals surface area contributed by atoms with Crippen molar-refractivity contribution in [1.29, 1.82) is 0 Å². The number of nitrogens with one attached hydrogen (secondary N) is 1. The predicted octanol–water partition coefficient (Wildman–Crippen LogP) is 3.48. The molecule has 124 valence electrons. The summed E-state index contributed by atoms with van der Waals surface area (Å²) in [6.45, 7) is 0.186. The first-order chi connectivity index (χ1) is 12.2. The first-order valence-electron chi connectivity index (χ1n) is 7.77. The molecule has 0 aliphatic heterocycles. The monoisotopic (exact) mass is 333 g/mol. The number of carbonyl (C=O) groups is 1. The number of methoxy groups -OCH3 is 1. The minimum atomic E-state index is -0.386. The van der Waals surface area contributed by atoms with Crippen LogP contribution in [0.2, 0.25) is 0 Å². The van der Waals surface area contributed by atoms with Crippen molar-refractivity contribution >= 4 is 27.8 Å². The number of carbonyl (C=O) groups excluding carboxylic acids is 1. The smallest absolute Gasteiger partial charge is 0.340 e. The molecular formula is C19H15N3O3. The molecule has 0 amide bonds. The molecule has 4 aromatic rings. The summed E-state index contributed by atoms with van der Waals surface area (Å²) in [6.07, 6.45) is 1.68. The maximum Gasteiger partial charge on any atom is 0.340 e. The number of nitrogens with zero attached hydrogens (tertiary/aromatic N) is 2.